The number of aryl methyl sites for hydroxylation is 1. The first-order chi connectivity index (χ1) is 15.0. The maximum absolute atomic E-state index is 12.8. The lowest BCUT2D eigenvalue weighted by Crippen LogP contribution is -2.06. The average Bonchev–Trinajstić information content (AvgIpc) is 3.22. The molecule has 2 aromatic carbocycles. The molecule has 0 fully saturated rings. The van der Waals surface area contributed by atoms with Crippen molar-refractivity contribution in [3.8, 4) is 17.1 Å². The Hall–Kier alpha value is -3.58. The van der Waals surface area contributed by atoms with E-state index in [1.54, 1.807) is 36.7 Å². The van der Waals surface area contributed by atoms with Gasteiger partial charge in [-0.2, -0.15) is 0 Å². The van der Waals surface area contributed by atoms with Crippen LogP contribution >= 0.6 is 11.8 Å². The summed E-state index contributed by atoms with van der Waals surface area (Å²) in [5.41, 5.74) is 3.92. The first-order valence-electron chi connectivity index (χ1n) is 9.73. The van der Waals surface area contributed by atoms with E-state index in [-0.39, 0.29) is 17.3 Å². The lowest BCUT2D eigenvalue weighted by molar-refractivity contribution is 0.101. The number of pyridine rings is 1. The van der Waals surface area contributed by atoms with E-state index in [2.05, 4.69) is 15.2 Å². The number of aromatic nitrogens is 4. The monoisotopic (exact) mass is 428 g/mol. The number of benzene rings is 2. The molecule has 0 atom stereocenters. The molecular weight excluding hydrogens is 408 g/mol. The topological polar surface area (TPSA) is 77.7 Å². The molecule has 0 unspecified atom stereocenters. The Balaban J connectivity index is 1.65. The van der Waals surface area contributed by atoms with Crippen LogP contribution in [0.4, 0.5) is 0 Å². The standard InChI is InChI=1S/C24H20N4O2S/c1-16-8-10-21(11-9-16)28-23(20-7-4-12-25-14-20)26-27-24(28)31-15-22(30)19-6-3-5-18(13-19)17(2)29/h3-14H,15H2,1-2H3. The molecule has 154 valence electrons. The molecule has 6 nitrogen and oxygen atoms in total. The number of rotatable bonds is 7. The molecule has 0 aliphatic heterocycles. The van der Waals surface area contributed by atoms with Crippen LogP contribution in [-0.4, -0.2) is 37.1 Å². The van der Waals surface area contributed by atoms with Crippen LogP contribution in [0.25, 0.3) is 17.1 Å². The predicted octanol–water partition coefficient (Wildman–Crippen LogP) is 4.82. The van der Waals surface area contributed by atoms with Crippen LogP contribution in [0.15, 0.2) is 78.2 Å². The van der Waals surface area contributed by atoms with Crippen molar-refractivity contribution in [2.75, 3.05) is 5.75 Å². The zero-order chi connectivity index (χ0) is 21.8. The molecule has 7 heteroatoms. The fourth-order valence-corrected chi connectivity index (χ4v) is 3.94. The number of carbonyl (C=O) groups excluding carboxylic acids is 2. The van der Waals surface area contributed by atoms with Crippen molar-refractivity contribution >= 4 is 23.3 Å². The summed E-state index contributed by atoms with van der Waals surface area (Å²) in [6, 6.07) is 18.6. The SMILES string of the molecule is CC(=O)c1cccc(C(=O)CSc2nnc(-c3cccnc3)n2-c2ccc(C)cc2)c1. The zero-order valence-corrected chi connectivity index (χ0v) is 18.0. The Morgan fingerprint density at radius 3 is 2.45 bits per heavy atom. The molecule has 4 rings (SSSR count). The summed E-state index contributed by atoms with van der Waals surface area (Å²) in [5, 5.41) is 9.32. The lowest BCUT2D eigenvalue weighted by atomic mass is 10.1. The van der Waals surface area contributed by atoms with Crippen LogP contribution in [-0.2, 0) is 0 Å². The quantitative estimate of drug-likeness (QED) is 0.310. The van der Waals surface area contributed by atoms with E-state index < -0.39 is 0 Å². The minimum atomic E-state index is -0.0746. The van der Waals surface area contributed by atoms with Gasteiger partial charge in [-0.25, -0.2) is 0 Å². The van der Waals surface area contributed by atoms with Crippen LogP contribution in [0.1, 0.15) is 33.2 Å². The van der Waals surface area contributed by atoms with Crippen molar-refractivity contribution in [3.63, 3.8) is 0 Å². The van der Waals surface area contributed by atoms with E-state index in [1.807, 2.05) is 47.9 Å². The van der Waals surface area contributed by atoms with Crippen molar-refractivity contribution in [1.82, 2.24) is 19.7 Å². The van der Waals surface area contributed by atoms with Crippen molar-refractivity contribution in [1.29, 1.82) is 0 Å². The molecule has 0 aliphatic rings. The number of carbonyl (C=O) groups is 2. The first kappa shape index (κ1) is 20.7. The molecule has 0 spiro atoms. The summed E-state index contributed by atoms with van der Waals surface area (Å²) >= 11 is 1.31. The van der Waals surface area contributed by atoms with Crippen molar-refractivity contribution in [2.45, 2.75) is 19.0 Å². The highest BCUT2D eigenvalue weighted by atomic mass is 32.2. The highest BCUT2D eigenvalue weighted by Crippen LogP contribution is 2.28. The van der Waals surface area contributed by atoms with Crippen LogP contribution in [0.2, 0.25) is 0 Å². The number of nitrogens with zero attached hydrogens (tertiary/aromatic N) is 4. The smallest absolute Gasteiger partial charge is 0.196 e. The third-order valence-corrected chi connectivity index (χ3v) is 5.70. The zero-order valence-electron chi connectivity index (χ0n) is 17.1. The summed E-state index contributed by atoms with van der Waals surface area (Å²) in [4.78, 5) is 28.6. The lowest BCUT2D eigenvalue weighted by Gasteiger charge is -2.10. The number of thioether (sulfide) groups is 1. The highest BCUT2D eigenvalue weighted by Gasteiger charge is 2.18. The predicted molar refractivity (Wildman–Crippen MR) is 121 cm³/mol. The van der Waals surface area contributed by atoms with Gasteiger partial charge in [0.15, 0.2) is 22.5 Å². The van der Waals surface area contributed by atoms with Gasteiger partial charge in [-0.05, 0) is 44.2 Å². The Labute approximate surface area is 184 Å². The normalized spacial score (nSPS) is 10.8. The van der Waals surface area contributed by atoms with E-state index in [0.29, 0.717) is 22.1 Å². The molecule has 4 aromatic rings. The Kier molecular flexibility index (Phi) is 6.04. The molecule has 0 saturated heterocycles. The Morgan fingerprint density at radius 2 is 1.74 bits per heavy atom. The molecule has 0 aliphatic carbocycles. The third-order valence-electron chi connectivity index (χ3n) is 4.77. The van der Waals surface area contributed by atoms with E-state index in [1.165, 1.54) is 18.7 Å². The van der Waals surface area contributed by atoms with Crippen molar-refractivity contribution in [3.05, 3.63) is 89.7 Å². The number of Topliss-reactive ketones (excluding diaryl/α,β-unsaturated/α-hetero) is 2. The molecule has 0 amide bonds. The summed E-state index contributed by atoms with van der Waals surface area (Å²) in [5.74, 6) is 0.695. The van der Waals surface area contributed by atoms with Gasteiger partial charge >= 0.3 is 0 Å². The summed E-state index contributed by atoms with van der Waals surface area (Å²) < 4.78 is 1.93. The van der Waals surface area contributed by atoms with Crippen LogP contribution in [0, 0.1) is 6.92 Å². The second kappa shape index (κ2) is 9.06. The number of ketones is 2. The second-order valence-corrected chi connectivity index (χ2v) is 8.01. The fraction of sp³-hybridized carbons (Fsp3) is 0.125. The van der Waals surface area contributed by atoms with Gasteiger partial charge in [0, 0.05) is 34.8 Å². The van der Waals surface area contributed by atoms with E-state index in [0.717, 1.165) is 16.8 Å². The maximum Gasteiger partial charge on any atom is 0.196 e. The van der Waals surface area contributed by atoms with Crippen molar-refractivity contribution in [2.24, 2.45) is 0 Å². The average molecular weight is 429 g/mol. The molecule has 0 saturated carbocycles. The molecule has 2 heterocycles. The minimum absolute atomic E-state index is 0.0671. The van der Waals surface area contributed by atoms with E-state index >= 15 is 0 Å². The Morgan fingerprint density at radius 1 is 0.968 bits per heavy atom. The van der Waals surface area contributed by atoms with Gasteiger partial charge in [0.1, 0.15) is 0 Å². The molecule has 0 N–H and O–H groups in total. The number of hydrogen-bond acceptors (Lipinski definition) is 6. The summed E-state index contributed by atoms with van der Waals surface area (Å²) in [6.07, 6.45) is 3.45. The number of hydrogen-bond donors (Lipinski definition) is 0. The largest absolute Gasteiger partial charge is 0.295 e. The van der Waals surface area contributed by atoms with E-state index in [9.17, 15) is 9.59 Å². The molecule has 0 radical (unpaired) electrons. The van der Waals surface area contributed by atoms with Crippen LogP contribution in [0.5, 0.6) is 0 Å². The molecule has 2 aromatic heterocycles. The highest BCUT2D eigenvalue weighted by molar-refractivity contribution is 7.99. The van der Waals surface area contributed by atoms with Gasteiger partial charge in [-0.1, -0.05) is 47.7 Å². The van der Waals surface area contributed by atoms with Gasteiger partial charge in [-0.3, -0.25) is 19.1 Å². The minimum Gasteiger partial charge on any atom is -0.295 e. The first-order valence-corrected chi connectivity index (χ1v) is 10.7. The van der Waals surface area contributed by atoms with E-state index in [4.69, 9.17) is 0 Å². The maximum atomic E-state index is 12.8. The summed E-state index contributed by atoms with van der Waals surface area (Å²) in [7, 11) is 0. The van der Waals surface area contributed by atoms with Gasteiger partial charge in [0.05, 0.1) is 5.75 Å². The third kappa shape index (κ3) is 4.62. The second-order valence-electron chi connectivity index (χ2n) is 7.07. The van der Waals surface area contributed by atoms with Gasteiger partial charge in [0.2, 0.25) is 0 Å². The van der Waals surface area contributed by atoms with Gasteiger partial charge in [0.25, 0.3) is 0 Å². The fourth-order valence-electron chi connectivity index (χ4n) is 3.10. The van der Waals surface area contributed by atoms with Gasteiger partial charge in [-0.15, -0.1) is 10.2 Å². The van der Waals surface area contributed by atoms with Crippen molar-refractivity contribution < 1.29 is 9.59 Å². The molecular formula is C24H20N4O2S. The van der Waals surface area contributed by atoms with Crippen LogP contribution < -0.4 is 0 Å². The molecule has 31 heavy (non-hydrogen) atoms. The van der Waals surface area contributed by atoms with Gasteiger partial charge < -0.3 is 0 Å². The Bertz CT molecular complexity index is 1230. The summed E-state index contributed by atoms with van der Waals surface area (Å²) in [6.45, 7) is 3.52. The molecule has 0 bridgehead atoms. The van der Waals surface area contributed by atoms with Crippen LogP contribution in [0.3, 0.4) is 0 Å².